The molecule has 1 aliphatic carbocycles. The number of aromatic nitrogens is 2. The lowest BCUT2D eigenvalue weighted by atomic mass is 10.1. The van der Waals surface area contributed by atoms with Crippen molar-refractivity contribution in [2.75, 3.05) is 0 Å². The Hall–Kier alpha value is -1.52. The highest BCUT2D eigenvalue weighted by Crippen LogP contribution is 2.33. The van der Waals surface area contributed by atoms with Crippen LogP contribution in [0.15, 0.2) is 4.79 Å². The first-order valence-corrected chi connectivity index (χ1v) is 5.11. The van der Waals surface area contributed by atoms with Gasteiger partial charge >= 0.3 is 5.97 Å². The number of carboxylic acids is 1. The van der Waals surface area contributed by atoms with Crippen molar-refractivity contribution in [3.05, 3.63) is 21.6 Å². The van der Waals surface area contributed by atoms with Crippen LogP contribution in [-0.4, -0.2) is 20.9 Å². The summed E-state index contributed by atoms with van der Waals surface area (Å²) in [5, 5.41) is 11.6. The van der Waals surface area contributed by atoms with Crippen LogP contribution >= 0.6 is 0 Å². The Kier molecular flexibility index (Phi) is 2.38. The summed E-state index contributed by atoms with van der Waals surface area (Å²) in [5.41, 5.74) is 1.37. The number of rotatable bonds is 4. The van der Waals surface area contributed by atoms with Crippen LogP contribution in [-0.2, 0) is 11.2 Å². The van der Waals surface area contributed by atoms with E-state index in [0.29, 0.717) is 18.0 Å². The summed E-state index contributed by atoms with van der Waals surface area (Å²) in [7, 11) is 0. The number of carbonyl (C=O) groups is 1. The number of nitrogens with one attached hydrogen (secondary N) is 1. The van der Waals surface area contributed by atoms with Crippen LogP contribution in [0.1, 0.15) is 36.6 Å². The van der Waals surface area contributed by atoms with Gasteiger partial charge in [-0.2, -0.15) is 0 Å². The molecule has 0 saturated heterocycles. The minimum atomic E-state index is -0.868. The van der Waals surface area contributed by atoms with Crippen LogP contribution in [0, 0.1) is 6.92 Å². The maximum absolute atomic E-state index is 11.8. The fourth-order valence-corrected chi connectivity index (χ4v) is 1.72. The zero-order valence-corrected chi connectivity index (χ0v) is 8.62. The average molecular weight is 210 g/mol. The highest BCUT2D eigenvalue weighted by Gasteiger charge is 2.27. The van der Waals surface area contributed by atoms with Gasteiger partial charge in [0.15, 0.2) is 0 Å². The summed E-state index contributed by atoms with van der Waals surface area (Å²) >= 11 is 0. The molecule has 0 amide bonds. The Balaban J connectivity index is 2.22. The van der Waals surface area contributed by atoms with Gasteiger partial charge < -0.3 is 5.11 Å². The zero-order chi connectivity index (χ0) is 11.0. The molecule has 0 unspecified atom stereocenters. The van der Waals surface area contributed by atoms with E-state index in [4.69, 9.17) is 5.11 Å². The normalized spacial score (nSPS) is 15.5. The molecule has 1 aromatic heterocycles. The average Bonchev–Trinajstić information content (AvgIpc) is 2.93. The van der Waals surface area contributed by atoms with Crippen LogP contribution in [0.4, 0.5) is 0 Å². The number of nitrogens with zero attached hydrogens (tertiary/aromatic N) is 1. The molecule has 0 bridgehead atoms. The first kappa shape index (κ1) is 10.0. The van der Waals surface area contributed by atoms with Crippen molar-refractivity contribution in [1.82, 2.24) is 9.78 Å². The second kappa shape index (κ2) is 3.56. The van der Waals surface area contributed by atoms with Gasteiger partial charge in [0.1, 0.15) is 0 Å². The molecule has 1 heterocycles. The van der Waals surface area contributed by atoms with Gasteiger partial charge in [-0.15, -0.1) is 0 Å². The van der Waals surface area contributed by atoms with Crippen LogP contribution < -0.4 is 5.56 Å². The first-order chi connectivity index (χ1) is 7.09. The summed E-state index contributed by atoms with van der Waals surface area (Å²) in [6.45, 7) is 1.82. The quantitative estimate of drug-likeness (QED) is 0.773. The number of hydrogen-bond donors (Lipinski definition) is 2. The van der Waals surface area contributed by atoms with Crippen molar-refractivity contribution < 1.29 is 9.90 Å². The van der Waals surface area contributed by atoms with Crippen molar-refractivity contribution >= 4 is 5.97 Å². The zero-order valence-electron chi connectivity index (χ0n) is 8.62. The maximum Gasteiger partial charge on any atom is 0.303 e. The second-order valence-corrected chi connectivity index (χ2v) is 4.02. The minimum Gasteiger partial charge on any atom is -0.481 e. The molecule has 15 heavy (non-hydrogen) atoms. The Bertz CT molecular complexity index is 440. The molecule has 82 valence electrons. The SMILES string of the molecule is Cc1[nH]n(C2CC2)c(=O)c1CCC(=O)O. The van der Waals surface area contributed by atoms with Gasteiger partial charge in [-0.1, -0.05) is 0 Å². The molecule has 1 saturated carbocycles. The Morgan fingerprint density at radius 3 is 2.80 bits per heavy atom. The predicted octanol–water partition coefficient (Wildman–Crippen LogP) is 0.837. The van der Waals surface area contributed by atoms with E-state index >= 15 is 0 Å². The number of aromatic amines is 1. The van der Waals surface area contributed by atoms with Crippen molar-refractivity contribution in [3.8, 4) is 0 Å². The Morgan fingerprint density at radius 2 is 2.27 bits per heavy atom. The molecule has 0 aromatic carbocycles. The molecular weight excluding hydrogens is 196 g/mol. The molecule has 5 heteroatoms. The summed E-state index contributed by atoms with van der Waals surface area (Å²) in [5.74, 6) is -0.868. The summed E-state index contributed by atoms with van der Waals surface area (Å²) in [6.07, 6.45) is 2.41. The third kappa shape index (κ3) is 1.95. The highest BCUT2D eigenvalue weighted by molar-refractivity contribution is 5.67. The summed E-state index contributed by atoms with van der Waals surface area (Å²) in [6, 6.07) is 0.315. The molecule has 0 radical (unpaired) electrons. The van der Waals surface area contributed by atoms with Crippen LogP contribution in [0.5, 0.6) is 0 Å². The Morgan fingerprint density at radius 1 is 1.60 bits per heavy atom. The van der Waals surface area contributed by atoms with Crippen LogP contribution in [0.2, 0.25) is 0 Å². The molecule has 0 aliphatic heterocycles. The molecule has 1 aromatic rings. The van der Waals surface area contributed by atoms with Crippen molar-refractivity contribution in [1.29, 1.82) is 0 Å². The fraction of sp³-hybridized carbons (Fsp3) is 0.600. The van der Waals surface area contributed by atoms with E-state index in [0.717, 1.165) is 18.5 Å². The van der Waals surface area contributed by atoms with E-state index < -0.39 is 5.97 Å². The maximum atomic E-state index is 11.8. The number of H-pyrrole nitrogens is 1. The topological polar surface area (TPSA) is 75.1 Å². The predicted molar refractivity (Wildman–Crippen MR) is 54.0 cm³/mol. The first-order valence-electron chi connectivity index (χ1n) is 5.11. The molecule has 5 nitrogen and oxygen atoms in total. The number of carboxylic acid groups (broad SMARTS) is 1. The van der Waals surface area contributed by atoms with E-state index in [1.807, 2.05) is 6.92 Å². The molecular formula is C10H14N2O3. The lowest BCUT2D eigenvalue weighted by Gasteiger charge is -1.94. The van der Waals surface area contributed by atoms with Gasteiger partial charge in [0.2, 0.25) is 0 Å². The Labute approximate surface area is 86.7 Å². The number of aryl methyl sites for hydroxylation is 1. The fourth-order valence-electron chi connectivity index (χ4n) is 1.72. The van der Waals surface area contributed by atoms with Gasteiger partial charge in [-0.05, 0) is 26.2 Å². The van der Waals surface area contributed by atoms with Gasteiger partial charge in [0.25, 0.3) is 5.56 Å². The van der Waals surface area contributed by atoms with E-state index in [1.165, 1.54) is 0 Å². The van der Waals surface area contributed by atoms with Gasteiger partial charge in [-0.25, -0.2) is 4.68 Å². The van der Waals surface area contributed by atoms with Crippen molar-refractivity contribution in [2.45, 2.75) is 38.6 Å². The van der Waals surface area contributed by atoms with Crippen molar-refractivity contribution in [3.63, 3.8) is 0 Å². The smallest absolute Gasteiger partial charge is 0.303 e. The lowest BCUT2D eigenvalue weighted by molar-refractivity contribution is -0.136. The van der Waals surface area contributed by atoms with Crippen LogP contribution in [0.3, 0.4) is 0 Å². The van der Waals surface area contributed by atoms with Crippen LogP contribution in [0.25, 0.3) is 0 Å². The van der Waals surface area contributed by atoms with Gasteiger partial charge in [-0.3, -0.25) is 14.7 Å². The highest BCUT2D eigenvalue weighted by atomic mass is 16.4. The molecule has 1 aliphatic rings. The van der Waals surface area contributed by atoms with E-state index in [9.17, 15) is 9.59 Å². The molecule has 1 fully saturated rings. The van der Waals surface area contributed by atoms with E-state index in [-0.39, 0.29) is 12.0 Å². The van der Waals surface area contributed by atoms with Crippen molar-refractivity contribution in [2.24, 2.45) is 0 Å². The molecule has 2 rings (SSSR count). The van der Waals surface area contributed by atoms with E-state index in [1.54, 1.807) is 4.68 Å². The standard InChI is InChI=1S/C10H14N2O3/c1-6-8(4-5-9(13)14)10(15)12(11-6)7-2-3-7/h7,11H,2-5H2,1H3,(H,13,14). The number of aliphatic carboxylic acids is 1. The summed E-state index contributed by atoms with van der Waals surface area (Å²) in [4.78, 5) is 22.3. The lowest BCUT2D eigenvalue weighted by Crippen LogP contribution is -2.18. The second-order valence-electron chi connectivity index (χ2n) is 4.02. The molecule has 0 spiro atoms. The van der Waals surface area contributed by atoms with E-state index in [2.05, 4.69) is 5.10 Å². The van der Waals surface area contributed by atoms with Gasteiger partial charge in [0, 0.05) is 17.7 Å². The third-order valence-electron chi connectivity index (χ3n) is 2.72. The molecule has 2 N–H and O–H groups in total. The third-order valence-corrected chi connectivity index (χ3v) is 2.72. The molecule has 0 atom stereocenters. The largest absolute Gasteiger partial charge is 0.481 e. The van der Waals surface area contributed by atoms with Gasteiger partial charge in [0.05, 0.1) is 6.04 Å². The number of hydrogen-bond acceptors (Lipinski definition) is 2. The monoisotopic (exact) mass is 210 g/mol. The minimum absolute atomic E-state index is 0.0125. The summed E-state index contributed by atoms with van der Waals surface area (Å²) < 4.78 is 1.63.